The molecule has 31 heavy (non-hydrogen) atoms. The first-order valence-corrected chi connectivity index (χ1v) is 10.8. The lowest BCUT2D eigenvalue weighted by molar-refractivity contribution is 0.0697. The Balaban J connectivity index is 1.82. The van der Waals surface area contributed by atoms with E-state index in [2.05, 4.69) is 28.9 Å². The molecule has 1 N–H and O–H groups in total. The third kappa shape index (κ3) is 5.63. The van der Waals surface area contributed by atoms with Crippen molar-refractivity contribution in [3.05, 3.63) is 65.5 Å². The molecule has 0 aliphatic carbocycles. The number of unbranched alkanes of at least 4 members (excludes halogenated alkanes) is 2. The van der Waals surface area contributed by atoms with Crippen molar-refractivity contribution in [1.82, 2.24) is 19.7 Å². The smallest absolute Gasteiger partial charge is 0.337 e. The number of rotatable bonds is 11. The predicted molar refractivity (Wildman–Crippen MR) is 118 cm³/mol. The summed E-state index contributed by atoms with van der Waals surface area (Å²) in [7, 11) is 0. The Morgan fingerprint density at radius 3 is 2.45 bits per heavy atom. The number of aromatic carboxylic acids is 1. The zero-order valence-electron chi connectivity index (χ0n) is 18.0. The van der Waals surface area contributed by atoms with Crippen LogP contribution in [0.3, 0.4) is 0 Å². The molecular weight excluding hydrogens is 392 g/mol. The molecule has 3 rings (SSSR count). The van der Waals surface area contributed by atoms with E-state index in [9.17, 15) is 14.7 Å². The highest BCUT2D eigenvalue weighted by molar-refractivity contribution is 5.95. The fourth-order valence-electron chi connectivity index (χ4n) is 3.37. The summed E-state index contributed by atoms with van der Waals surface area (Å²) in [4.78, 5) is 32.3. The van der Waals surface area contributed by atoms with Gasteiger partial charge in [-0.05, 0) is 35.6 Å². The van der Waals surface area contributed by atoms with Crippen LogP contribution in [0.2, 0.25) is 0 Å². The predicted octanol–water partition coefficient (Wildman–Crippen LogP) is 4.80. The minimum Gasteiger partial charge on any atom is -0.478 e. The second-order valence-electron chi connectivity index (χ2n) is 7.56. The lowest BCUT2D eigenvalue weighted by Gasteiger charge is -2.09. The maximum atomic E-state index is 12.4. The topological polar surface area (TPSA) is 98.0 Å². The van der Waals surface area contributed by atoms with Crippen LogP contribution in [0.15, 0.2) is 42.7 Å². The maximum Gasteiger partial charge on any atom is 0.337 e. The summed E-state index contributed by atoms with van der Waals surface area (Å²) in [5.74, 6) is 0.121. The number of nitrogens with zero attached hydrogens (tertiary/aromatic N) is 4. The zero-order valence-corrected chi connectivity index (χ0v) is 18.0. The minimum atomic E-state index is -1.00. The molecule has 0 radical (unpaired) electrons. The number of carboxylic acids is 1. The van der Waals surface area contributed by atoms with E-state index in [0.29, 0.717) is 24.4 Å². The van der Waals surface area contributed by atoms with Gasteiger partial charge in [0, 0.05) is 25.2 Å². The van der Waals surface area contributed by atoms with Gasteiger partial charge in [0.1, 0.15) is 5.82 Å². The molecule has 0 saturated carbocycles. The SMILES string of the molecule is CCCCC(=O)c1nc(CCCC)n(Cc2ccc(-c3ccncc3C(=O)O)cc2)n1. The van der Waals surface area contributed by atoms with E-state index in [0.717, 1.165) is 49.1 Å². The molecule has 0 amide bonds. The second kappa shape index (κ2) is 10.6. The van der Waals surface area contributed by atoms with Crippen LogP contribution in [0, 0.1) is 0 Å². The van der Waals surface area contributed by atoms with Gasteiger partial charge in [0.15, 0.2) is 0 Å². The van der Waals surface area contributed by atoms with Gasteiger partial charge in [-0.1, -0.05) is 51.0 Å². The third-order valence-corrected chi connectivity index (χ3v) is 5.16. The maximum absolute atomic E-state index is 12.4. The molecule has 0 aliphatic heterocycles. The van der Waals surface area contributed by atoms with Crippen LogP contribution in [0.25, 0.3) is 11.1 Å². The molecule has 1 aromatic carbocycles. The highest BCUT2D eigenvalue weighted by Crippen LogP contribution is 2.24. The highest BCUT2D eigenvalue weighted by Gasteiger charge is 2.16. The molecule has 162 valence electrons. The molecule has 7 heteroatoms. The van der Waals surface area contributed by atoms with Crippen LogP contribution in [-0.4, -0.2) is 36.6 Å². The zero-order chi connectivity index (χ0) is 22.2. The van der Waals surface area contributed by atoms with Gasteiger partial charge >= 0.3 is 5.97 Å². The number of Topliss-reactive ketones (excluding diaryl/α,β-unsaturated/α-hetero) is 1. The van der Waals surface area contributed by atoms with Crippen molar-refractivity contribution in [3.8, 4) is 11.1 Å². The van der Waals surface area contributed by atoms with Crippen molar-refractivity contribution in [1.29, 1.82) is 0 Å². The molecule has 3 aromatic rings. The number of carbonyl (C=O) groups excluding carboxylic acids is 1. The van der Waals surface area contributed by atoms with Gasteiger partial charge in [-0.3, -0.25) is 9.78 Å². The van der Waals surface area contributed by atoms with Crippen molar-refractivity contribution in [2.24, 2.45) is 0 Å². The Bertz CT molecular complexity index is 1040. The monoisotopic (exact) mass is 420 g/mol. The van der Waals surface area contributed by atoms with E-state index in [1.165, 1.54) is 6.20 Å². The molecule has 7 nitrogen and oxygen atoms in total. The van der Waals surface area contributed by atoms with Crippen LogP contribution in [-0.2, 0) is 13.0 Å². The normalized spacial score (nSPS) is 10.9. The Kier molecular flexibility index (Phi) is 7.65. The summed E-state index contributed by atoms with van der Waals surface area (Å²) in [6.07, 6.45) is 8.02. The fourth-order valence-corrected chi connectivity index (χ4v) is 3.37. The lowest BCUT2D eigenvalue weighted by Crippen LogP contribution is -2.08. The van der Waals surface area contributed by atoms with Gasteiger partial charge in [-0.25, -0.2) is 14.5 Å². The quantitative estimate of drug-likeness (QED) is 0.447. The summed E-state index contributed by atoms with van der Waals surface area (Å²) >= 11 is 0. The molecular formula is C24H28N4O3. The van der Waals surface area contributed by atoms with Crippen LogP contribution in [0.1, 0.15) is 78.3 Å². The molecule has 0 saturated heterocycles. The average Bonchev–Trinajstić information content (AvgIpc) is 3.19. The molecule has 2 aromatic heterocycles. The summed E-state index contributed by atoms with van der Waals surface area (Å²) < 4.78 is 1.82. The number of ketones is 1. The number of benzene rings is 1. The van der Waals surface area contributed by atoms with Gasteiger partial charge in [-0.2, -0.15) is 0 Å². The molecule has 0 bridgehead atoms. The van der Waals surface area contributed by atoms with Crippen LogP contribution < -0.4 is 0 Å². The van der Waals surface area contributed by atoms with Crippen LogP contribution >= 0.6 is 0 Å². The summed E-state index contributed by atoms with van der Waals surface area (Å²) in [6, 6.07) is 9.39. The van der Waals surface area contributed by atoms with Crippen LogP contribution in [0.5, 0.6) is 0 Å². The average molecular weight is 421 g/mol. The molecule has 2 heterocycles. The van der Waals surface area contributed by atoms with E-state index in [-0.39, 0.29) is 11.3 Å². The Labute approximate surface area is 182 Å². The number of hydrogen-bond donors (Lipinski definition) is 1. The van der Waals surface area contributed by atoms with Crippen molar-refractivity contribution >= 4 is 11.8 Å². The number of carboxylic acid groups (broad SMARTS) is 1. The molecule has 0 atom stereocenters. The van der Waals surface area contributed by atoms with Gasteiger partial charge in [0.25, 0.3) is 0 Å². The largest absolute Gasteiger partial charge is 0.478 e. The van der Waals surface area contributed by atoms with Crippen LogP contribution in [0.4, 0.5) is 0 Å². The molecule has 0 unspecified atom stereocenters. The lowest BCUT2D eigenvalue weighted by atomic mass is 10.0. The highest BCUT2D eigenvalue weighted by atomic mass is 16.4. The third-order valence-electron chi connectivity index (χ3n) is 5.16. The van der Waals surface area contributed by atoms with E-state index in [1.54, 1.807) is 12.3 Å². The van der Waals surface area contributed by atoms with E-state index in [1.807, 2.05) is 28.9 Å². The number of pyridine rings is 1. The summed E-state index contributed by atoms with van der Waals surface area (Å²) in [6.45, 7) is 4.69. The van der Waals surface area contributed by atoms with E-state index >= 15 is 0 Å². The Hall–Kier alpha value is -3.35. The first-order chi connectivity index (χ1) is 15.0. The number of carbonyl (C=O) groups is 2. The molecule has 0 spiro atoms. The Morgan fingerprint density at radius 1 is 1.03 bits per heavy atom. The molecule has 0 fully saturated rings. The number of aryl methyl sites for hydroxylation is 1. The van der Waals surface area contributed by atoms with E-state index in [4.69, 9.17) is 0 Å². The Morgan fingerprint density at radius 2 is 1.77 bits per heavy atom. The standard InChI is InChI=1S/C24H28N4O3/c1-3-5-7-21(29)23-26-22(8-6-4-2)28(27-23)16-17-9-11-18(12-10-17)19-13-14-25-15-20(19)24(30)31/h9-15H,3-8,16H2,1-2H3,(H,30,31). The number of hydrogen-bond acceptors (Lipinski definition) is 5. The second-order valence-corrected chi connectivity index (χ2v) is 7.56. The van der Waals surface area contributed by atoms with Crippen molar-refractivity contribution in [3.63, 3.8) is 0 Å². The van der Waals surface area contributed by atoms with Gasteiger partial charge in [0.2, 0.25) is 11.6 Å². The summed E-state index contributed by atoms with van der Waals surface area (Å²) in [5.41, 5.74) is 2.61. The number of aromatic nitrogens is 4. The first kappa shape index (κ1) is 22.3. The summed E-state index contributed by atoms with van der Waals surface area (Å²) in [5, 5.41) is 13.9. The minimum absolute atomic E-state index is 0.00687. The van der Waals surface area contributed by atoms with Crippen molar-refractivity contribution < 1.29 is 14.7 Å². The van der Waals surface area contributed by atoms with Crippen molar-refractivity contribution in [2.45, 2.75) is 58.9 Å². The van der Waals surface area contributed by atoms with Gasteiger partial charge < -0.3 is 5.11 Å². The van der Waals surface area contributed by atoms with E-state index < -0.39 is 5.97 Å². The van der Waals surface area contributed by atoms with Gasteiger partial charge in [-0.15, -0.1) is 5.10 Å². The van der Waals surface area contributed by atoms with Gasteiger partial charge in [0.05, 0.1) is 12.1 Å². The molecule has 0 aliphatic rings. The fraction of sp³-hybridized carbons (Fsp3) is 0.375. The van der Waals surface area contributed by atoms with Crippen molar-refractivity contribution in [2.75, 3.05) is 0 Å². The first-order valence-electron chi connectivity index (χ1n) is 10.8.